The summed E-state index contributed by atoms with van der Waals surface area (Å²) in [5, 5.41) is 3.16. The molecule has 0 spiro atoms. The first-order valence-corrected chi connectivity index (χ1v) is 10.3. The molecule has 29 heavy (non-hydrogen) atoms. The number of nitrogens with zero attached hydrogens (tertiary/aromatic N) is 4. The minimum atomic E-state index is -0.103. The highest BCUT2D eigenvalue weighted by molar-refractivity contribution is 5.82. The average Bonchev–Trinajstić information content (AvgIpc) is 2.76. The molecule has 1 aromatic carbocycles. The lowest BCUT2D eigenvalue weighted by Crippen LogP contribution is -2.61. The maximum Gasteiger partial charge on any atom is 0.225 e. The van der Waals surface area contributed by atoms with E-state index >= 15 is 0 Å². The molecule has 1 amide bonds. The largest absolute Gasteiger partial charge is 0.497 e. The summed E-state index contributed by atoms with van der Waals surface area (Å²) in [4.78, 5) is 26.4. The van der Waals surface area contributed by atoms with Gasteiger partial charge in [0.15, 0.2) is 0 Å². The highest BCUT2D eigenvalue weighted by Gasteiger charge is 2.42. The molecule has 0 bridgehead atoms. The molecule has 0 aliphatic carbocycles. The van der Waals surface area contributed by atoms with E-state index in [2.05, 4.69) is 51.1 Å². The highest BCUT2D eigenvalue weighted by atomic mass is 16.5. The summed E-state index contributed by atoms with van der Waals surface area (Å²) < 4.78 is 5.46. The van der Waals surface area contributed by atoms with Crippen molar-refractivity contribution in [1.29, 1.82) is 0 Å². The average molecular weight is 396 g/mol. The van der Waals surface area contributed by atoms with Crippen LogP contribution in [0, 0.1) is 11.8 Å². The second-order valence-electron chi connectivity index (χ2n) is 8.21. The third-order valence-corrected chi connectivity index (χ3v) is 5.82. The maximum absolute atomic E-state index is 13.1. The van der Waals surface area contributed by atoms with Gasteiger partial charge in [0, 0.05) is 50.3 Å². The Kier molecular flexibility index (Phi) is 5.56. The maximum atomic E-state index is 13.1. The van der Waals surface area contributed by atoms with Gasteiger partial charge in [0.2, 0.25) is 5.91 Å². The Morgan fingerprint density at radius 1 is 1.31 bits per heavy atom. The second kappa shape index (κ2) is 8.27. The number of carbonyl (C=O) groups is 1. The van der Waals surface area contributed by atoms with Gasteiger partial charge in [0.1, 0.15) is 11.6 Å². The quantitative estimate of drug-likeness (QED) is 0.836. The van der Waals surface area contributed by atoms with Gasteiger partial charge in [-0.2, -0.15) is 0 Å². The summed E-state index contributed by atoms with van der Waals surface area (Å²) in [6.07, 6.45) is 5.93. The zero-order valence-electron chi connectivity index (χ0n) is 17.3. The SMILES string of the molecule is COc1ccc2c(c1)N1CCN(c3cnccn3)CC1C(C(=O)NCC(C)C)C2. The van der Waals surface area contributed by atoms with Crippen LogP contribution in [0.15, 0.2) is 36.8 Å². The Balaban J connectivity index is 1.64. The van der Waals surface area contributed by atoms with Crippen LogP contribution in [0.4, 0.5) is 11.5 Å². The van der Waals surface area contributed by atoms with Crippen molar-refractivity contribution in [2.45, 2.75) is 26.3 Å². The fourth-order valence-corrected chi connectivity index (χ4v) is 4.30. The topological polar surface area (TPSA) is 70.6 Å². The van der Waals surface area contributed by atoms with Gasteiger partial charge >= 0.3 is 0 Å². The minimum Gasteiger partial charge on any atom is -0.497 e. The number of fused-ring (bicyclic) bond motifs is 3. The number of nitrogens with one attached hydrogen (secondary N) is 1. The molecular weight excluding hydrogens is 366 g/mol. The molecule has 0 radical (unpaired) electrons. The summed E-state index contributed by atoms with van der Waals surface area (Å²) in [5.74, 6) is 2.18. The number of hydrogen-bond acceptors (Lipinski definition) is 6. The molecule has 2 atom stereocenters. The van der Waals surface area contributed by atoms with E-state index in [0.717, 1.165) is 37.6 Å². The van der Waals surface area contributed by atoms with Crippen molar-refractivity contribution < 1.29 is 9.53 Å². The van der Waals surface area contributed by atoms with Crippen molar-refractivity contribution >= 4 is 17.4 Å². The van der Waals surface area contributed by atoms with E-state index in [9.17, 15) is 4.79 Å². The lowest BCUT2D eigenvalue weighted by atomic mass is 9.83. The second-order valence-corrected chi connectivity index (χ2v) is 8.21. The number of ether oxygens (including phenoxy) is 1. The Bertz CT molecular complexity index is 858. The molecule has 1 N–H and O–H groups in total. The first kappa shape index (κ1) is 19.5. The van der Waals surface area contributed by atoms with Crippen LogP contribution in [0.1, 0.15) is 19.4 Å². The predicted octanol–water partition coefficient (Wildman–Crippen LogP) is 2.12. The van der Waals surface area contributed by atoms with Crippen LogP contribution < -0.4 is 19.9 Å². The first-order chi connectivity index (χ1) is 14.1. The van der Waals surface area contributed by atoms with E-state index in [4.69, 9.17) is 4.74 Å². The van der Waals surface area contributed by atoms with Gasteiger partial charge in [0.25, 0.3) is 0 Å². The summed E-state index contributed by atoms with van der Waals surface area (Å²) >= 11 is 0. The van der Waals surface area contributed by atoms with Crippen molar-refractivity contribution in [3.8, 4) is 5.75 Å². The monoisotopic (exact) mass is 395 g/mol. The molecule has 0 saturated carbocycles. The van der Waals surface area contributed by atoms with Crippen LogP contribution >= 0.6 is 0 Å². The summed E-state index contributed by atoms with van der Waals surface area (Å²) in [6, 6.07) is 6.26. The van der Waals surface area contributed by atoms with Crippen LogP contribution in [-0.4, -0.2) is 55.2 Å². The number of piperazine rings is 1. The number of hydrogen-bond donors (Lipinski definition) is 1. The van der Waals surface area contributed by atoms with E-state index < -0.39 is 0 Å². The molecule has 7 nitrogen and oxygen atoms in total. The number of methoxy groups -OCH3 is 1. The summed E-state index contributed by atoms with van der Waals surface area (Å²) in [5.41, 5.74) is 2.39. The van der Waals surface area contributed by atoms with Crippen LogP contribution in [0.2, 0.25) is 0 Å². The zero-order chi connectivity index (χ0) is 20.4. The molecular formula is C22H29N5O2. The standard InChI is InChI=1S/C22H29N5O2/c1-15(2)12-25-22(28)18-10-16-4-5-17(29-3)11-19(16)27-9-8-26(14-20(18)27)21-13-23-6-7-24-21/h4-7,11,13,15,18,20H,8-10,12,14H2,1-3H3,(H,25,28). The smallest absolute Gasteiger partial charge is 0.225 e. The number of anilines is 2. The lowest BCUT2D eigenvalue weighted by molar-refractivity contribution is -0.126. The molecule has 154 valence electrons. The zero-order valence-corrected chi connectivity index (χ0v) is 17.3. The number of aromatic nitrogens is 2. The third kappa shape index (κ3) is 3.99. The highest BCUT2D eigenvalue weighted by Crippen LogP contribution is 2.38. The molecule has 3 heterocycles. The van der Waals surface area contributed by atoms with Gasteiger partial charge in [-0.15, -0.1) is 0 Å². The lowest BCUT2D eigenvalue weighted by Gasteiger charge is -2.49. The Morgan fingerprint density at radius 3 is 2.90 bits per heavy atom. The number of amides is 1. The predicted molar refractivity (Wildman–Crippen MR) is 113 cm³/mol. The fourth-order valence-electron chi connectivity index (χ4n) is 4.30. The van der Waals surface area contributed by atoms with Crippen LogP contribution in [0.5, 0.6) is 5.75 Å². The van der Waals surface area contributed by atoms with Crippen molar-refractivity contribution in [2.75, 3.05) is 43.1 Å². The molecule has 2 aliphatic heterocycles. The van der Waals surface area contributed by atoms with Gasteiger partial charge in [-0.05, 0) is 24.0 Å². The minimum absolute atomic E-state index is 0.0810. The van der Waals surface area contributed by atoms with Crippen LogP contribution in [-0.2, 0) is 11.2 Å². The number of carbonyl (C=O) groups excluding carboxylic acids is 1. The van der Waals surface area contributed by atoms with Crippen LogP contribution in [0.3, 0.4) is 0 Å². The van der Waals surface area contributed by atoms with Crippen molar-refractivity contribution in [3.63, 3.8) is 0 Å². The van der Waals surface area contributed by atoms with Crippen molar-refractivity contribution in [2.24, 2.45) is 11.8 Å². The van der Waals surface area contributed by atoms with E-state index in [1.807, 2.05) is 6.07 Å². The van der Waals surface area contributed by atoms with E-state index in [1.54, 1.807) is 25.7 Å². The van der Waals surface area contributed by atoms with Crippen molar-refractivity contribution in [3.05, 3.63) is 42.4 Å². The van der Waals surface area contributed by atoms with Gasteiger partial charge in [-0.25, -0.2) is 4.98 Å². The van der Waals surface area contributed by atoms with E-state index in [1.165, 1.54) is 11.3 Å². The molecule has 2 unspecified atom stereocenters. The normalized spacial score (nSPS) is 20.8. The molecule has 1 aromatic heterocycles. The first-order valence-electron chi connectivity index (χ1n) is 10.3. The van der Waals surface area contributed by atoms with Gasteiger partial charge in [0.05, 0.1) is 25.3 Å². The van der Waals surface area contributed by atoms with E-state index in [-0.39, 0.29) is 17.9 Å². The Hall–Kier alpha value is -2.83. The van der Waals surface area contributed by atoms with Gasteiger partial charge < -0.3 is 19.9 Å². The number of rotatable bonds is 5. The third-order valence-electron chi connectivity index (χ3n) is 5.82. The molecule has 2 aromatic rings. The molecule has 2 aliphatic rings. The molecule has 1 fully saturated rings. The Labute approximate surface area is 172 Å². The summed E-state index contributed by atoms with van der Waals surface area (Å²) in [6.45, 7) is 7.35. The van der Waals surface area contributed by atoms with Crippen LogP contribution in [0.25, 0.3) is 0 Å². The van der Waals surface area contributed by atoms with Crippen molar-refractivity contribution in [1.82, 2.24) is 15.3 Å². The van der Waals surface area contributed by atoms with Gasteiger partial charge in [-0.3, -0.25) is 9.78 Å². The molecule has 4 rings (SSSR count). The van der Waals surface area contributed by atoms with Gasteiger partial charge in [-0.1, -0.05) is 19.9 Å². The summed E-state index contributed by atoms with van der Waals surface area (Å²) in [7, 11) is 1.69. The molecule has 1 saturated heterocycles. The number of benzene rings is 1. The molecule has 7 heteroatoms. The van der Waals surface area contributed by atoms with E-state index in [0.29, 0.717) is 12.5 Å². The Morgan fingerprint density at radius 2 is 2.17 bits per heavy atom. The fraction of sp³-hybridized carbons (Fsp3) is 0.500.